The maximum absolute atomic E-state index is 13.9. The lowest BCUT2D eigenvalue weighted by atomic mass is 9.95. The van der Waals surface area contributed by atoms with E-state index < -0.39 is 6.09 Å². The molecule has 0 bridgehead atoms. The number of aromatic nitrogens is 1. The van der Waals surface area contributed by atoms with Crippen molar-refractivity contribution >= 4 is 17.0 Å². The number of nitrogens with zero attached hydrogens (tertiary/aromatic N) is 1. The maximum atomic E-state index is 13.9. The first-order chi connectivity index (χ1) is 16.1. The Morgan fingerprint density at radius 3 is 2.48 bits per heavy atom. The van der Waals surface area contributed by atoms with Gasteiger partial charge >= 0.3 is 6.09 Å². The monoisotopic (exact) mass is 440 g/mol. The molecule has 1 amide bonds. The molecule has 4 nitrogen and oxygen atoms in total. The molecule has 166 valence electrons. The number of nitrogens with one attached hydrogen (secondary N) is 1. The lowest BCUT2D eigenvalue weighted by molar-refractivity contribution is 0.135. The van der Waals surface area contributed by atoms with Crippen LogP contribution in [-0.4, -0.2) is 11.1 Å². The number of halogens is 1. The van der Waals surface area contributed by atoms with Crippen LogP contribution in [0, 0.1) is 5.82 Å². The van der Waals surface area contributed by atoms with Gasteiger partial charge in [-0.25, -0.2) is 14.2 Å². The van der Waals surface area contributed by atoms with Crippen molar-refractivity contribution in [2.45, 2.75) is 25.5 Å². The van der Waals surface area contributed by atoms with Gasteiger partial charge in [-0.3, -0.25) is 0 Å². The molecule has 0 radical (unpaired) electrons. The molecular formula is C28H25FN2O2. The zero-order valence-electron chi connectivity index (χ0n) is 18.2. The smallest absolute Gasteiger partial charge is 0.407 e. The van der Waals surface area contributed by atoms with Crippen molar-refractivity contribution in [2.75, 3.05) is 0 Å². The minimum Gasteiger partial charge on any atom is -0.445 e. The predicted molar refractivity (Wildman–Crippen MR) is 129 cm³/mol. The predicted octanol–water partition coefficient (Wildman–Crippen LogP) is 6.97. The third-order valence-corrected chi connectivity index (χ3v) is 5.40. The molecule has 1 heterocycles. The highest BCUT2D eigenvalue weighted by Gasteiger charge is 2.21. The van der Waals surface area contributed by atoms with Gasteiger partial charge in [-0.15, -0.1) is 6.58 Å². The molecule has 0 aliphatic rings. The summed E-state index contributed by atoms with van der Waals surface area (Å²) in [7, 11) is 0. The van der Waals surface area contributed by atoms with Crippen LogP contribution in [0.3, 0.4) is 0 Å². The summed E-state index contributed by atoms with van der Waals surface area (Å²) in [6.45, 7) is 4.00. The molecule has 0 spiro atoms. The molecule has 0 saturated carbocycles. The second kappa shape index (κ2) is 10.6. The van der Waals surface area contributed by atoms with Gasteiger partial charge in [0.1, 0.15) is 12.4 Å². The van der Waals surface area contributed by atoms with E-state index in [9.17, 15) is 9.18 Å². The van der Waals surface area contributed by atoms with E-state index in [1.54, 1.807) is 6.07 Å². The van der Waals surface area contributed by atoms with Crippen LogP contribution in [0.5, 0.6) is 0 Å². The average molecular weight is 441 g/mol. The average Bonchev–Trinajstić information content (AvgIpc) is 2.85. The number of pyridine rings is 1. The summed E-state index contributed by atoms with van der Waals surface area (Å²) in [5.74, 6) is -0.340. The Kier molecular flexibility index (Phi) is 7.10. The molecule has 0 aliphatic carbocycles. The standard InChI is InChI=1S/C28H25FN2O2/c1-2-3-14-25(31-28(32)33-19-20-10-6-4-7-11-20)24-17-22-15-16-23(29)18-26(22)30-27(24)21-12-8-5-9-13-21/h2,4-13,15-18,25H,1,3,14,19H2,(H,31,32). The third kappa shape index (κ3) is 5.63. The fourth-order valence-electron chi connectivity index (χ4n) is 3.75. The number of carbonyl (C=O) groups is 1. The van der Waals surface area contributed by atoms with Gasteiger partial charge in [-0.05, 0) is 36.6 Å². The number of benzene rings is 3. The summed E-state index contributed by atoms with van der Waals surface area (Å²) in [5.41, 5.74) is 3.91. The van der Waals surface area contributed by atoms with Gasteiger partial charge in [-0.1, -0.05) is 66.7 Å². The van der Waals surface area contributed by atoms with Crippen molar-refractivity contribution in [2.24, 2.45) is 0 Å². The second-order valence-corrected chi connectivity index (χ2v) is 7.75. The molecule has 33 heavy (non-hydrogen) atoms. The number of hydrogen-bond donors (Lipinski definition) is 1. The van der Waals surface area contributed by atoms with Crippen molar-refractivity contribution in [3.05, 3.63) is 115 Å². The Morgan fingerprint density at radius 2 is 1.76 bits per heavy atom. The molecule has 1 N–H and O–H groups in total. The number of ether oxygens (including phenoxy) is 1. The van der Waals surface area contributed by atoms with Crippen LogP contribution in [0.4, 0.5) is 9.18 Å². The minimum absolute atomic E-state index is 0.182. The maximum Gasteiger partial charge on any atom is 0.407 e. The quantitative estimate of drug-likeness (QED) is 0.301. The van der Waals surface area contributed by atoms with Gasteiger partial charge in [0.05, 0.1) is 17.3 Å². The van der Waals surface area contributed by atoms with Crippen LogP contribution in [-0.2, 0) is 11.3 Å². The lowest BCUT2D eigenvalue weighted by Crippen LogP contribution is -2.29. The largest absolute Gasteiger partial charge is 0.445 e. The van der Waals surface area contributed by atoms with Gasteiger partial charge in [0.15, 0.2) is 0 Å². The van der Waals surface area contributed by atoms with Crippen molar-refractivity contribution in [1.82, 2.24) is 10.3 Å². The van der Waals surface area contributed by atoms with E-state index >= 15 is 0 Å². The van der Waals surface area contributed by atoms with Crippen LogP contribution >= 0.6 is 0 Å². The molecule has 0 aliphatic heterocycles. The van der Waals surface area contributed by atoms with Crippen molar-refractivity contribution in [1.29, 1.82) is 0 Å². The molecule has 4 rings (SSSR count). The number of alkyl carbamates (subject to hydrolysis) is 1. The van der Waals surface area contributed by atoms with Crippen LogP contribution in [0.1, 0.15) is 30.0 Å². The first kappa shape index (κ1) is 22.2. The Balaban J connectivity index is 1.68. The SMILES string of the molecule is C=CCCC(NC(=O)OCc1ccccc1)c1cc2ccc(F)cc2nc1-c1ccccc1. The van der Waals surface area contributed by atoms with Crippen LogP contribution in [0.25, 0.3) is 22.2 Å². The summed E-state index contributed by atoms with van der Waals surface area (Å²) < 4.78 is 19.3. The van der Waals surface area contributed by atoms with Crippen LogP contribution in [0.15, 0.2) is 97.6 Å². The first-order valence-electron chi connectivity index (χ1n) is 10.9. The lowest BCUT2D eigenvalue weighted by Gasteiger charge is -2.22. The van der Waals surface area contributed by atoms with Crippen LogP contribution in [0.2, 0.25) is 0 Å². The number of fused-ring (bicyclic) bond motifs is 1. The van der Waals surface area contributed by atoms with Gasteiger partial charge in [0.25, 0.3) is 0 Å². The fraction of sp³-hybridized carbons (Fsp3) is 0.143. The van der Waals surface area contributed by atoms with E-state index in [4.69, 9.17) is 9.72 Å². The number of hydrogen-bond acceptors (Lipinski definition) is 3. The highest BCUT2D eigenvalue weighted by molar-refractivity contribution is 5.84. The van der Waals surface area contributed by atoms with Crippen molar-refractivity contribution in [3.8, 4) is 11.3 Å². The number of rotatable bonds is 8. The summed E-state index contributed by atoms with van der Waals surface area (Å²) >= 11 is 0. The number of amides is 1. The van der Waals surface area contributed by atoms with E-state index in [0.717, 1.165) is 22.1 Å². The van der Waals surface area contributed by atoms with Gasteiger partial charge in [-0.2, -0.15) is 0 Å². The van der Waals surface area contributed by atoms with Crippen molar-refractivity contribution < 1.29 is 13.9 Å². The summed E-state index contributed by atoms with van der Waals surface area (Å²) in [5, 5.41) is 3.80. The van der Waals surface area contributed by atoms with Crippen molar-refractivity contribution in [3.63, 3.8) is 0 Å². The summed E-state index contributed by atoms with van der Waals surface area (Å²) in [4.78, 5) is 17.5. The molecule has 1 aromatic heterocycles. The molecule has 0 saturated heterocycles. The minimum atomic E-state index is -0.508. The Bertz CT molecular complexity index is 1240. The fourth-order valence-corrected chi connectivity index (χ4v) is 3.75. The zero-order chi connectivity index (χ0) is 23.0. The zero-order valence-corrected chi connectivity index (χ0v) is 18.2. The Morgan fingerprint density at radius 1 is 1.03 bits per heavy atom. The van der Waals surface area contributed by atoms with E-state index in [1.165, 1.54) is 12.1 Å². The van der Waals surface area contributed by atoms with E-state index in [0.29, 0.717) is 24.1 Å². The Labute approximate surface area is 192 Å². The highest BCUT2D eigenvalue weighted by atomic mass is 19.1. The van der Waals surface area contributed by atoms with Gasteiger partial charge in [0, 0.05) is 22.6 Å². The normalized spacial score (nSPS) is 11.7. The van der Waals surface area contributed by atoms with Crippen LogP contribution < -0.4 is 5.32 Å². The number of carbonyl (C=O) groups excluding carboxylic acids is 1. The summed E-state index contributed by atoms with van der Waals surface area (Å²) in [6.07, 6.45) is 2.62. The first-order valence-corrected chi connectivity index (χ1v) is 10.9. The topological polar surface area (TPSA) is 51.2 Å². The summed E-state index contributed by atoms with van der Waals surface area (Å²) in [6, 6.07) is 25.4. The third-order valence-electron chi connectivity index (χ3n) is 5.40. The van der Waals surface area contributed by atoms with Gasteiger partial charge in [0.2, 0.25) is 0 Å². The molecule has 5 heteroatoms. The molecule has 3 aromatic carbocycles. The Hall–Kier alpha value is -3.99. The van der Waals surface area contributed by atoms with E-state index in [1.807, 2.05) is 72.8 Å². The van der Waals surface area contributed by atoms with E-state index in [2.05, 4.69) is 11.9 Å². The van der Waals surface area contributed by atoms with Gasteiger partial charge < -0.3 is 10.1 Å². The molecule has 4 aromatic rings. The molecule has 1 atom stereocenters. The molecular weight excluding hydrogens is 415 g/mol. The second-order valence-electron chi connectivity index (χ2n) is 7.75. The number of allylic oxidation sites excluding steroid dienone is 1. The molecule has 0 fully saturated rings. The molecule has 1 unspecified atom stereocenters. The highest BCUT2D eigenvalue weighted by Crippen LogP contribution is 2.32. The van der Waals surface area contributed by atoms with E-state index in [-0.39, 0.29) is 18.5 Å².